The fraction of sp³-hybridized carbons (Fsp3) is 0.900. The molecule has 0 radical (unpaired) electrons. The second kappa shape index (κ2) is 5.84. The molecule has 0 rings (SSSR count). The van der Waals surface area contributed by atoms with Crippen LogP contribution in [0.4, 0.5) is 0 Å². The van der Waals surface area contributed by atoms with Crippen LogP contribution < -0.4 is 5.32 Å². The molecule has 0 saturated heterocycles. The van der Waals surface area contributed by atoms with Crippen LogP contribution in [0.15, 0.2) is 4.99 Å². The molecule has 0 bridgehead atoms. The van der Waals surface area contributed by atoms with E-state index in [0.717, 1.165) is 12.5 Å². The first-order chi connectivity index (χ1) is 5.97. The monoisotopic (exact) mass is 185 g/mol. The molecule has 0 spiro atoms. The number of guanidine groups is 1. The highest BCUT2D eigenvalue weighted by Gasteiger charge is 2.05. The number of hydrogen-bond donors (Lipinski definition) is 1. The van der Waals surface area contributed by atoms with Crippen LogP contribution in [-0.4, -0.2) is 36.5 Å². The fourth-order valence-electron chi connectivity index (χ4n) is 0.899. The lowest BCUT2D eigenvalue weighted by atomic mass is 10.4. The van der Waals surface area contributed by atoms with E-state index in [1.54, 1.807) is 0 Å². The van der Waals surface area contributed by atoms with Gasteiger partial charge in [0, 0.05) is 25.7 Å². The molecular formula is C10H23N3. The SMILES string of the molecule is CCN(C)C(=NC(C)C)NC(C)C. The Labute approximate surface area is 82.2 Å². The molecule has 0 atom stereocenters. The second-order valence-corrected chi connectivity index (χ2v) is 3.86. The lowest BCUT2D eigenvalue weighted by Gasteiger charge is -2.23. The average molecular weight is 185 g/mol. The summed E-state index contributed by atoms with van der Waals surface area (Å²) >= 11 is 0. The molecule has 78 valence electrons. The molecule has 0 aromatic carbocycles. The van der Waals surface area contributed by atoms with Crippen LogP contribution in [0, 0.1) is 0 Å². The molecule has 0 aromatic heterocycles. The number of rotatable bonds is 3. The van der Waals surface area contributed by atoms with Crippen LogP contribution in [0.25, 0.3) is 0 Å². The molecule has 3 nitrogen and oxygen atoms in total. The zero-order valence-corrected chi connectivity index (χ0v) is 9.76. The third-order valence-electron chi connectivity index (χ3n) is 1.63. The van der Waals surface area contributed by atoms with E-state index in [2.05, 4.69) is 56.9 Å². The van der Waals surface area contributed by atoms with Crippen molar-refractivity contribution in [3.05, 3.63) is 0 Å². The van der Waals surface area contributed by atoms with Gasteiger partial charge in [-0.1, -0.05) is 0 Å². The molecule has 0 heterocycles. The standard InChI is InChI=1S/C10H23N3/c1-7-13(6)10(11-8(2)3)12-9(4)5/h8-9H,7H2,1-6H3,(H,11,12). The van der Waals surface area contributed by atoms with Crippen molar-refractivity contribution in [2.24, 2.45) is 4.99 Å². The van der Waals surface area contributed by atoms with E-state index in [0.29, 0.717) is 12.1 Å². The summed E-state index contributed by atoms with van der Waals surface area (Å²) in [6.45, 7) is 11.5. The van der Waals surface area contributed by atoms with Crippen LogP contribution in [0.2, 0.25) is 0 Å². The molecule has 0 saturated carbocycles. The molecule has 0 aromatic rings. The first kappa shape index (κ1) is 12.3. The summed E-state index contributed by atoms with van der Waals surface area (Å²) in [5.74, 6) is 0.993. The summed E-state index contributed by atoms with van der Waals surface area (Å²) in [4.78, 5) is 6.64. The highest BCUT2D eigenvalue weighted by molar-refractivity contribution is 5.80. The Balaban J connectivity index is 4.36. The van der Waals surface area contributed by atoms with E-state index >= 15 is 0 Å². The van der Waals surface area contributed by atoms with E-state index in [9.17, 15) is 0 Å². The summed E-state index contributed by atoms with van der Waals surface area (Å²) in [6, 6.07) is 0.779. The van der Waals surface area contributed by atoms with Gasteiger partial charge >= 0.3 is 0 Å². The second-order valence-electron chi connectivity index (χ2n) is 3.86. The third-order valence-corrected chi connectivity index (χ3v) is 1.63. The zero-order valence-electron chi connectivity index (χ0n) is 9.76. The number of aliphatic imine (C=N–C) groups is 1. The first-order valence-electron chi connectivity index (χ1n) is 5.02. The van der Waals surface area contributed by atoms with Crippen molar-refractivity contribution >= 4 is 5.96 Å². The summed E-state index contributed by atoms with van der Waals surface area (Å²) < 4.78 is 0. The quantitative estimate of drug-likeness (QED) is 0.535. The summed E-state index contributed by atoms with van der Waals surface area (Å²) in [5.41, 5.74) is 0. The maximum Gasteiger partial charge on any atom is 0.194 e. The molecule has 1 N–H and O–H groups in total. The molecule has 13 heavy (non-hydrogen) atoms. The highest BCUT2D eigenvalue weighted by Crippen LogP contribution is 1.93. The van der Waals surface area contributed by atoms with Crippen LogP contribution in [-0.2, 0) is 0 Å². The minimum absolute atomic E-state index is 0.343. The van der Waals surface area contributed by atoms with Crippen LogP contribution in [0.5, 0.6) is 0 Å². The average Bonchev–Trinajstić information content (AvgIpc) is 2.00. The van der Waals surface area contributed by atoms with Gasteiger partial charge in [0.2, 0.25) is 0 Å². The van der Waals surface area contributed by atoms with Crippen molar-refractivity contribution in [3.63, 3.8) is 0 Å². The Morgan fingerprint density at radius 2 is 1.85 bits per heavy atom. The Morgan fingerprint density at radius 1 is 1.31 bits per heavy atom. The number of hydrogen-bond acceptors (Lipinski definition) is 1. The van der Waals surface area contributed by atoms with Crippen molar-refractivity contribution in [2.45, 2.75) is 46.7 Å². The molecule has 0 fully saturated rings. The summed E-state index contributed by atoms with van der Waals surface area (Å²) in [5, 5.41) is 3.34. The van der Waals surface area contributed by atoms with Crippen molar-refractivity contribution in [1.82, 2.24) is 10.2 Å². The topological polar surface area (TPSA) is 27.6 Å². The molecule has 0 unspecified atom stereocenters. The van der Waals surface area contributed by atoms with Gasteiger partial charge in [-0.3, -0.25) is 4.99 Å². The lowest BCUT2D eigenvalue weighted by Crippen LogP contribution is -2.42. The van der Waals surface area contributed by atoms with E-state index in [1.165, 1.54) is 0 Å². The van der Waals surface area contributed by atoms with Gasteiger partial charge in [-0.25, -0.2) is 0 Å². The third kappa shape index (κ3) is 5.50. The smallest absolute Gasteiger partial charge is 0.194 e. The molecule has 0 aliphatic rings. The van der Waals surface area contributed by atoms with Crippen molar-refractivity contribution in [2.75, 3.05) is 13.6 Å². The van der Waals surface area contributed by atoms with Crippen LogP contribution >= 0.6 is 0 Å². The maximum absolute atomic E-state index is 4.52. The minimum atomic E-state index is 0.343. The minimum Gasteiger partial charge on any atom is -0.354 e. The molecule has 0 amide bonds. The number of nitrogens with zero attached hydrogens (tertiary/aromatic N) is 2. The first-order valence-corrected chi connectivity index (χ1v) is 5.02. The molecular weight excluding hydrogens is 162 g/mol. The Morgan fingerprint density at radius 3 is 2.15 bits per heavy atom. The predicted molar refractivity (Wildman–Crippen MR) is 59.1 cm³/mol. The highest BCUT2D eigenvalue weighted by atomic mass is 15.3. The number of nitrogens with one attached hydrogen (secondary N) is 1. The Hall–Kier alpha value is -0.730. The fourth-order valence-corrected chi connectivity index (χ4v) is 0.899. The van der Waals surface area contributed by atoms with Gasteiger partial charge in [0.1, 0.15) is 0 Å². The van der Waals surface area contributed by atoms with Crippen molar-refractivity contribution < 1.29 is 0 Å². The van der Waals surface area contributed by atoms with Crippen LogP contribution in [0.3, 0.4) is 0 Å². The molecule has 0 aliphatic carbocycles. The van der Waals surface area contributed by atoms with Gasteiger partial charge in [0.05, 0.1) is 0 Å². The van der Waals surface area contributed by atoms with Gasteiger partial charge < -0.3 is 10.2 Å². The van der Waals surface area contributed by atoms with Gasteiger partial charge in [-0.15, -0.1) is 0 Å². The van der Waals surface area contributed by atoms with E-state index < -0.39 is 0 Å². The van der Waals surface area contributed by atoms with E-state index in [4.69, 9.17) is 0 Å². The summed E-state index contributed by atoms with van der Waals surface area (Å²) in [6.07, 6.45) is 0. The van der Waals surface area contributed by atoms with E-state index in [1.807, 2.05) is 0 Å². The Bertz CT molecular complexity index is 162. The largest absolute Gasteiger partial charge is 0.354 e. The van der Waals surface area contributed by atoms with Gasteiger partial charge in [0.15, 0.2) is 5.96 Å². The van der Waals surface area contributed by atoms with Gasteiger partial charge in [0.25, 0.3) is 0 Å². The zero-order chi connectivity index (χ0) is 10.4. The normalized spacial score (nSPS) is 12.5. The van der Waals surface area contributed by atoms with Crippen molar-refractivity contribution in [3.8, 4) is 0 Å². The molecule has 0 aliphatic heterocycles. The predicted octanol–water partition coefficient (Wildman–Crippen LogP) is 1.70. The van der Waals surface area contributed by atoms with Crippen molar-refractivity contribution in [1.29, 1.82) is 0 Å². The molecule has 3 heteroatoms. The summed E-state index contributed by atoms with van der Waals surface area (Å²) in [7, 11) is 2.05. The maximum atomic E-state index is 4.52. The van der Waals surface area contributed by atoms with Gasteiger partial charge in [-0.2, -0.15) is 0 Å². The van der Waals surface area contributed by atoms with Gasteiger partial charge in [-0.05, 0) is 34.6 Å². The van der Waals surface area contributed by atoms with Crippen LogP contribution in [0.1, 0.15) is 34.6 Å². The Kier molecular flexibility index (Phi) is 5.51. The van der Waals surface area contributed by atoms with E-state index in [-0.39, 0.29) is 0 Å². The lowest BCUT2D eigenvalue weighted by molar-refractivity contribution is 0.492.